The molecule has 1 aromatic rings. The zero-order valence-electron chi connectivity index (χ0n) is 12.3. The van der Waals surface area contributed by atoms with E-state index in [1.165, 1.54) is 15.7 Å². The van der Waals surface area contributed by atoms with E-state index < -0.39 is 0 Å². The summed E-state index contributed by atoms with van der Waals surface area (Å²) in [6.45, 7) is 7.69. The molecule has 0 amide bonds. The van der Waals surface area contributed by atoms with E-state index in [9.17, 15) is 0 Å². The van der Waals surface area contributed by atoms with Crippen LogP contribution in [0.5, 0.6) is 0 Å². The molecule has 1 N–H and O–H groups in total. The number of hydrogen-bond donors (Lipinski definition) is 1. The fourth-order valence-electron chi connectivity index (χ4n) is 2.68. The van der Waals surface area contributed by atoms with Gasteiger partial charge >= 0.3 is 0 Å². The van der Waals surface area contributed by atoms with Gasteiger partial charge in [-0.15, -0.1) is 0 Å². The fraction of sp³-hybridized carbons (Fsp3) is 0.600. The second-order valence-corrected chi connectivity index (χ2v) is 6.43. The summed E-state index contributed by atoms with van der Waals surface area (Å²) in [5.41, 5.74) is 2.63. The van der Waals surface area contributed by atoms with Crippen LogP contribution in [0.2, 0.25) is 0 Å². The molecule has 0 saturated carbocycles. The SMILES string of the molecule is CNCc1ccc(N2CC(C)N(C)C(C)C2)cc1Br. The Morgan fingerprint density at radius 2 is 1.89 bits per heavy atom. The summed E-state index contributed by atoms with van der Waals surface area (Å²) in [5, 5.41) is 3.19. The molecule has 2 rings (SSSR count). The molecule has 1 aliphatic heterocycles. The van der Waals surface area contributed by atoms with Crippen molar-refractivity contribution in [3.05, 3.63) is 28.2 Å². The number of hydrogen-bond acceptors (Lipinski definition) is 3. The van der Waals surface area contributed by atoms with Crippen LogP contribution in [0.4, 0.5) is 5.69 Å². The summed E-state index contributed by atoms with van der Waals surface area (Å²) >= 11 is 3.68. The van der Waals surface area contributed by atoms with E-state index in [0.29, 0.717) is 12.1 Å². The van der Waals surface area contributed by atoms with Gasteiger partial charge in [-0.3, -0.25) is 4.90 Å². The monoisotopic (exact) mass is 325 g/mol. The molecule has 1 aliphatic rings. The Kier molecular flexibility index (Phi) is 4.87. The molecule has 2 atom stereocenters. The Labute approximate surface area is 125 Å². The van der Waals surface area contributed by atoms with Crippen LogP contribution >= 0.6 is 15.9 Å². The quantitative estimate of drug-likeness (QED) is 0.921. The van der Waals surface area contributed by atoms with Crippen LogP contribution < -0.4 is 10.2 Å². The van der Waals surface area contributed by atoms with Crippen molar-refractivity contribution in [3.63, 3.8) is 0 Å². The van der Waals surface area contributed by atoms with E-state index in [1.807, 2.05) is 7.05 Å². The van der Waals surface area contributed by atoms with E-state index in [2.05, 4.69) is 70.1 Å². The first-order valence-corrected chi connectivity index (χ1v) is 7.72. The Balaban J connectivity index is 2.16. The molecule has 1 saturated heterocycles. The Bertz CT molecular complexity index is 423. The minimum atomic E-state index is 0.597. The van der Waals surface area contributed by atoms with Gasteiger partial charge in [-0.05, 0) is 45.6 Å². The van der Waals surface area contributed by atoms with Gasteiger partial charge in [0.05, 0.1) is 0 Å². The summed E-state index contributed by atoms with van der Waals surface area (Å²) in [6.07, 6.45) is 0. The third kappa shape index (κ3) is 3.30. The van der Waals surface area contributed by atoms with E-state index in [0.717, 1.165) is 19.6 Å². The first-order valence-electron chi connectivity index (χ1n) is 6.92. The predicted molar refractivity (Wildman–Crippen MR) is 85.8 cm³/mol. The van der Waals surface area contributed by atoms with E-state index in [4.69, 9.17) is 0 Å². The summed E-state index contributed by atoms with van der Waals surface area (Å²) in [4.78, 5) is 4.95. The average Bonchev–Trinajstić information content (AvgIpc) is 2.38. The summed E-state index contributed by atoms with van der Waals surface area (Å²) in [7, 11) is 4.20. The number of likely N-dealkylation sites (N-methyl/N-ethyl adjacent to an activating group) is 1. The highest BCUT2D eigenvalue weighted by atomic mass is 79.9. The third-order valence-electron chi connectivity index (χ3n) is 4.13. The Morgan fingerprint density at radius 1 is 1.26 bits per heavy atom. The molecule has 4 heteroatoms. The van der Waals surface area contributed by atoms with E-state index in [1.54, 1.807) is 0 Å². The maximum atomic E-state index is 3.68. The van der Waals surface area contributed by atoms with Crippen LogP contribution in [-0.4, -0.2) is 44.2 Å². The van der Waals surface area contributed by atoms with Crippen molar-refractivity contribution in [2.24, 2.45) is 0 Å². The maximum absolute atomic E-state index is 3.68. The van der Waals surface area contributed by atoms with Crippen LogP contribution in [-0.2, 0) is 6.54 Å². The molecule has 0 aromatic heterocycles. The average molecular weight is 326 g/mol. The number of anilines is 1. The number of nitrogens with zero attached hydrogens (tertiary/aromatic N) is 2. The van der Waals surface area contributed by atoms with Gasteiger partial charge in [0, 0.05) is 41.9 Å². The Morgan fingerprint density at radius 3 is 2.42 bits per heavy atom. The molecule has 0 aliphatic carbocycles. The Hall–Kier alpha value is -0.580. The smallest absolute Gasteiger partial charge is 0.0378 e. The van der Waals surface area contributed by atoms with Crippen LogP contribution in [0, 0.1) is 0 Å². The molecule has 3 nitrogen and oxygen atoms in total. The molecule has 0 spiro atoms. The summed E-state index contributed by atoms with van der Waals surface area (Å²) in [5.74, 6) is 0. The summed E-state index contributed by atoms with van der Waals surface area (Å²) < 4.78 is 1.19. The number of benzene rings is 1. The zero-order chi connectivity index (χ0) is 14.0. The largest absolute Gasteiger partial charge is 0.368 e. The summed E-state index contributed by atoms with van der Waals surface area (Å²) in [6, 6.07) is 7.89. The highest BCUT2D eigenvalue weighted by molar-refractivity contribution is 9.10. The number of halogens is 1. The number of nitrogens with one attached hydrogen (secondary N) is 1. The molecule has 0 bridgehead atoms. The highest BCUT2D eigenvalue weighted by Crippen LogP contribution is 2.27. The normalized spacial score (nSPS) is 24.8. The van der Waals surface area contributed by atoms with Crippen molar-refractivity contribution in [2.45, 2.75) is 32.5 Å². The predicted octanol–water partition coefficient (Wildman–Crippen LogP) is 2.70. The van der Waals surface area contributed by atoms with Gasteiger partial charge < -0.3 is 10.2 Å². The molecular weight excluding hydrogens is 302 g/mol. The van der Waals surface area contributed by atoms with Crippen molar-refractivity contribution < 1.29 is 0 Å². The zero-order valence-corrected chi connectivity index (χ0v) is 13.9. The lowest BCUT2D eigenvalue weighted by Gasteiger charge is -2.43. The molecule has 0 radical (unpaired) electrons. The number of rotatable bonds is 3. The van der Waals surface area contributed by atoms with Gasteiger partial charge in [0.1, 0.15) is 0 Å². The second kappa shape index (κ2) is 6.25. The van der Waals surface area contributed by atoms with Crippen LogP contribution in [0.1, 0.15) is 19.4 Å². The topological polar surface area (TPSA) is 18.5 Å². The maximum Gasteiger partial charge on any atom is 0.0378 e. The van der Waals surface area contributed by atoms with Crippen LogP contribution in [0.25, 0.3) is 0 Å². The number of piperazine rings is 1. The van der Waals surface area contributed by atoms with E-state index in [-0.39, 0.29) is 0 Å². The molecule has 1 fully saturated rings. The van der Waals surface area contributed by atoms with Crippen LogP contribution in [0.15, 0.2) is 22.7 Å². The highest BCUT2D eigenvalue weighted by Gasteiger charge is 2.26. The van der Waals surface area contributed by atoms with E-state index >= 15 is 0 Å². The minimum Gasteiger partial charge on any atom is -0.368 e. The van der Waals surface area contributed by atoms with Gasteiger partial charge in [0.15, 0.2) is 0 Å². The van der Waals surface area contributed by atoms with Crippen molar-refractivity contribution in [2.75, 3.05) is 32.1 Å². The minimum absolute atomic E-state index is 0.597. The van der Waals surface area contributed by atoms with Gasteiger partial charge in [0.2, 0.25) is 0 Å². The standard InChI is InChI=1S/C15H24BrN3/c1-11-9-19(10-12(2)18(11)4)14-6-5-13(8-17-3)15(16)7-14/h5-7,11-12,17H,8-10H2,1-4H3. The first kappa shape index (κ1) is 14.8. The molecule has 1 aromatic carbocycles. The van der Waals surface area contributed by atoms with Crippen molar-refractivity contribution in [1.29, 1.82) is 0 Å². The fourth-order valence-corrected chi connectivity index (χ4v) is 3.19. The van der Waals surface area contributed by atoms with Gasteiger partial charge in [-0.25, -0.2) is 0 Å². The second-order valence-electron chi connectivity index (χ2n) is 5.57. The van der Waals surface area contributed by atoms with Crippen molar-refractivity contribution in [1.82, 2.24) is 10.2 Å². The molecular formula is C15H24BrN3. The van der Waals surface area contributed by atoms with Gasteiger partial charge in [-0.1, -0.05) is 22.0 Å². The lowest BCUT2D eigenvalue weighted by molar-refractivity contribution is 0.170. The molecule has 19 heavy (non-hydrogen) atoms. The van der Waals surface area contributed by atoms with Gasteiger partial charge in [0.25, 0.3) is 0 Å². The lowest BCUT2D eigenvalue weighted by atomic mass is 10.1. The van der Waals surface area contributed by atoms with Crippen LogP contribution in [0.3, 0.4) is 0 Å². The molecule has 1 heterocycles. The third-order valence-corrected chi connectivity index (χ3v) is 4.87. The van der Waals surface area contributed by atoms with Crippen molar-refractivity contribution >= 4 is 21.6 Å². The molecule has 106 valence electrons. The van der Waals surface area contributed by atoms with Crippen molar-refractivity contribution in [3.8, 4) is 0 Å². The molecule has 2 unspecified atom stereocenters. The van der Waals surface area contributed by atoms with Gasteiger partial charge in [-0.2, -0.15) is 0 Å². The lowest BCUT2D eigenvalue weighted by Crippen LogP contribution is -2.55. The first-order chi connectivity index (χ1) is 9.02.